The molecule has 0 unspecified atom stereocenters. The number of carbonyl (C=O) groups excluding carboxylic acids is 3. The van der Waals surface area contributed by atoms with Crippen molar-refractivity contribution in [3.8, 4) is 5.75 Å². The normalized spacial score (nSPS) is 12.7. The minimum absolute atomic E-state index is 0.0597. The average molecular weight is 353 g/mol. The van der Waals surface area contributed by atoms with E-state index in [0.29, 0.717) is 23.3 Å². The van der Waals surface area contributed by atoms with Gasteiger partial charge in [0.1, 0.15) is 11.8 Å². The third-order valence-electron chi connectivity index (χ3n) is 4.27. The van der Waals surface area contributed by atoms with Crippen LogP contribution in [-0.2, 0) is 4.79 Å². The number of ketones is 1. The topological polar surface area (TPSA) is 72.5 Å². The van der Waals surface area contributed by atoms with Crippen molar-refractivity contribution in [2.24, 2.45) is 5.92 Å². The number of benzene rings is 2. The van der Waals surface area contributed by atoms with Crippen molar-refractivity contribution in [3.63, 3.8) is 0 Å². The number of nitrogens with one attached hydrogen (secondary N) is 1. The van der Waals surface area contributed by atoms with E-state index in [-0.39, 0.29) is 17.6 Å². The van der Waals surface area contributed by atoms with Gasteiger partial charge in [-0.2, -0.15) is 0 Å². The summed E-state index contributed by atoms with van der Waals surface area (Å²) in [6.45, 7) is 5.30. The lowest BCUT2D eigenvalue weighted by Gasteiger charge is -2.22. The van der Waals surface area contributed by atoms with Crippen LogP contribution in [0, 0.1) is 5.92 Å². The first-order valence-electron chi connectivity index (χ1n) is 8.61. The number of hydrogen-bond donors (Lipinski definition) is 1. The highest BCUT2D eigenvalue weighted by Crippen LogP contribution is 2.16. The van der Waals surface area contributed by atoms with Crippen LogP contribution in [-0.4, -0.2) is 23.7 Å². The number of rotatable bonds is 7. The molecular formula is C21H23NO4. The Bertz CT molecular complexity index is 768. The Balaban J connectivity index is 2.11. The van der Waals surface area contributed by atoms with Crippen LogP contribution in [0.1, 0.15) is 47.9 Å². The standard InChI is InChI=1S/C21H23NO4/c1-4-14(2)19(22-20(24)17-8-6-5-7-9-17)21(25)26-18-12-10-16(11-13-18)15(3)23/h5-14,19H,4H2,1-3H3,(H,22,24)/t14-,19-/m0/s1. The summed E-state index contributed by atoms with van der Waals surface area (Å²) in [7, 11) is 0. The lowest BCUT2D eigenvalue weighted by atomic mass is 9.98. The zero-order valence-electron chi connectivity index (χ0n) is 15.2. The zero-order chi connectivity index (χ0) is 19.1. The van der Waals surface area contributed by atoms with Gasteiger partial charge in [0.25, 0.3) is 5.91 Å². The Morgan fingerprint density at radius 3 is 2.12 bits per heavy atom. The van der Waals surface area contributed by atoms with Crippen LogP contribution >= 0.6 is 0 Å². The van der Waals surface area contributed by atoms with Gasteiger partial charge in [0.15, 0.2) is 5.78 Å². The zero-order valence-corrected chi connectivity index (χ0v) is 15.2. The third kappa shape index (κ3) is 5.02. The van der Waals surface area contributed by atoms with Gasteiger partial charge in [0, 0.05) is 11.1 Å². The van der Waals surface area contributed by atoms with Crippen LogP contribution < -0.4 is 10.1 Å². The monoisotopic (exact) mass is 353 g/mol. The highest BCUT2D eigenvalue weighted by molar-refractivity contribution is 5.97. The molecule has 2 aromatic rings. The van der Waals surface area contributed by atoms with Crippen molar-refractivity contribution in [1.82, 2.24) is 5.32 Å². The van der Waals surface area contributed by atoms with Crippen molar-refractivity contribution in [2.45, 2.75) is 33.2 Å². The molecule has 0 saturated heterocycles. The van der Waals surface area contributed by atoms with Gasteiger partial charge in [0.2, 0.25) is 0 Å². The van der Waals surface area contributed by atoms with Crippen LogP contribution in [0.4, 0.5) is 0 Å². The summed E-state index contributed by atoms with van der Waals surface area (Å²) in [5.41, 5.74) is 1.03. The first kappa shape index (κ1) is 19.4. The third-order valence-corrected chi connectivity index (χ3v) is 4.27. The van der Waals surface area contributed by atoms with Crippen molar-refractivity contribution in [3.05, 3.63) is 65.7 Å². The van der Waals surface area contributed by atoms with Gasteiger partial charge in [-0.15, -0.1) is 0 Å². The molecule has 0 aliphatic rings. The van der Waals surface area contributed by atoms with E-state index in [1.165, 1.54) is 6.92 Å². The largest absolute Gasteiger partial charge is 0.425 e. The maximum atomic E-state index is 12.6. The molecule has 0 aliphatic carbocycles. The van der Waals surface area contributed by atoms with E-state index in [1.807, 2.05) is 19.9 Å². The second-order valence-corrected chi connectivity index (χ2v) is 6.20. The highest BCUT2D eigenvalue weighted by Gasteiger charge is 2.28. The smallest absolute Gasteiger partial charge is 0.334 e. The molecule has 136 valence electrons. The van der Waals surface area contributed by atoms with Gasteiger partial charge in [-0.1, -0.05) is 38.5 Å². The van der Waals surface area contributed by atoms with Gasteiger partial charge in [-0.3, -0.25) is 9.59 Å². The van der Waals surface area contributed by atoms with Gasteiger partial charge < -0.3 is 10.1 Å². The molecule has 0 fully saturated rings. The summed E-state index contributed by atoms with van der Waals surface area (Å²) >= 11 is 0. The Labute approximate surface area is 153 Å². The number of esters is 1. The summed E-state index contributed by atoms with van der Waals surface area (Å²) in [4.78, 5) is 36.3. The predicted molar refractivity (Wildman–Crippen MR) is 99.2 cm³/mol. The molecule has 5 heteroatoms. The number of ether oxygens (including phenoxy) is 1. The van der Waals surface area contributed by atoms with E-state index < -0.39 is 12.0 Å². The summed E-state index contributed by atoms with van der Waals surface area (Å²) in [6, 6.07) is 14.3. The fourth-order valence-corrected chi connectivity index (χ4v) is 2.42. The summed E-state index contributed by atoms with van der Waals surface area (Å²) in [5.74, 6) is -0.664. The molecular weight excluding hydrogens is 330 g/mol. The van der Waals surface area contributed by atoms with Gasteiger partial charge in [-0.05, 0) is 49.2 Å². The average Bonchev–Trinajstić information content (AvgIpc) is 2.66. The molecule has 1 amide bonds. The summed E-state index contributed by atoms with van der Waals surface area (Å²) in [6.07, 6.45) is 0.706. The van der Waals surface area contributed by atoms with Crippen LogP contribution in [0.2, 0.25) is 0 Å². The molecule has 5 nitrogen and oxygen atoms in total. The molecule has 0 bridgehead atoms. The van der Waals surface area contributed by atoms with E-state index in [2.05, 4.69) is 5.32 Å². The minimum atomic E-state index is -0.764. The molecule has 0 aromatic heterocycles. The highest BCUT2D eigenvalue weighted by atomic mass is 16.5. The van der Waals surface area contributed by atoms with Crippen LogP contribution in [0.5, 0.6) is 5.75 Å². The Morgan fingerprint density at radius 2 is 1.58 bits per heavy atom. The molecule has 26 heavy (non-hydrogen) atoms. The fourth-order valence-electron chi connectivity index (χ4n) is 2.42. The second kappa shape index (κ2) is 8.94. The van der Waals surface area contributed by atoms with E-state index in [1.54, 1.807) is 48.5 Å². The molecule has 2 rings (SSSR count). The predicted octanol–water partition coefficient (Wildman–Crippen LogP) is 3.64. The molecule has 2 aromatic carbocycles. The SMILES string of the molecule is CC[C@H](C)[C@H](NC(=O)c1ccccc1)C(=O)Oc1ccc(C(C)=O)cc1. The van der Waals surface area contributed by atoms with Gasteiger partial charge >= 0.3 is 5.97 Å². The summed E-state index contributed by atoms with van der Waals surface area (Å²) in [5, 5.41) is 2.77. The number of hydrogen-bond acceptors (Lipinski definition) is 4. The molecule has 1 N–H and O–H groups in total. The minimum Gasteiger partial charge on any atom is -0.425 e. The van der Waals surface area contributed by atoms with Crippen LogP contribution in [0.25, 0.3) is 0 Å². The maximum Gasteiger partial charge on any atom is 0.334 e. The van der Waals surface area contributed by atoms with Crippen molar-refractivity contribution >= 4 is 17.7 Å². The first-order chi connectivity index (χ1) is 12.4. The van der Waals surface area contributed by atoms with Gasteiger partial charge in [0.05, 0.1) is 0 Å². The molecule has 0 saturated carbocycles. The number of carbonyl (C=O) groups is 3. The Morgan fingerprint density at radius 1 is 0.962 bits per heavy atom. The Kier molecular flexibility index (Phi) is 6.67. The quantitative estimate of drug-likeness (QED) is 0.469. The van der Waals surface area contributed by atoms with Crippen LogP contribution in [0.15, 0.2) is 54.6 Å². The van der Waals surface area contributed by atoms with Crippen LogP contribution in [0.3, 0.4) is 0 Å². The van der Waals surface area contributed by atoms with E-state index >= 15 is 0 Å². The fraction of sp³-hybridized carbons (Fsp3) is 0.286. The molecule has 0 spiro atoms. The van der Waals surface area contributed by atoms with E-state index in [4.69, 9.17) is 4.74 Å². The van der Waals surface area contributed by atoms with Crippen molar-refractivity contribution < 1.29 is 19.1 Å². The van der Waals surface area contributed by atoms with Crippen molar-refractivity contribution in [2.75, 3.05) is 0 Å². The molecule has 0 heterocycles. The molecule has 0 radical (unpaired) electrons. The number of amides is 1. The maximum absolute atomic E-state index is 12.6. The molecule has 0 aliphatic heterocycles. The van der Waals surface area contributed by atoms with Crippen molar-refractivity contribution in [1.29, 1.82) is 0 Å². The van der Waals surface area contributed by atoms with E-state index in [9.17, 15) is 14.4 Å². The summed E-state index contributed by atoms with van der Waals surface area (Å²) < 4.78 is 5.41. The first-order valence-corrected chi connectivity index (χ1v) is 8.61. The lowest BCUT2D eigenvalue weighted by Crippen LogP contribution is -2.47. The van der Waals surface area contributed by atoms with E-state index in [0.717, 1.165) is 0 Å². The Hall–Kier alpha value is -2.95. The lowest BCUT2D eigenvalue weighted by molar-refractivity contribution is -0.137. The van der Waals surface area contributed by atoms with Gasteiger partial charge in [-0.25, -0.2) is 4.79 Å². The number of Topliss-reactive ketones (excluding diaryl/α,β-unsaturated/α-hetero) is 1. The molecule has 2 atom stereocenters. The second-order valence-electron chi connectivity index (χ2n) is 6.20.